The van der Waals surface area contributed by atoms with Gasteiger partial charge in [0.05, 0.1) is 12.1 Å². The van der Waals surface area contributed by atoms with Crippen LogP contribution in [-0.2, 0) is 16.0 Å². The summed E-state index contributed by atoms with van der Waals surface area (Å²) < 4.78 is 0. The number of aliphatic carboxylic acids is 1. The van der Waals surface area contributed by atoms with Crippen molar-refractivity contribution in [1.29, 1.82) is 0 Å². The van der Waals surface area contributed by atoms with Gasteiger partial charge in [0.2, 0.25) is 5.91 Å². The molecule has 1 aromatic heterocycles. The molecule has 1 rings (SSSR count). The summed E-state index contributed by atoms with van der Waals surface area (Å²) in [6.45, 7) is 5.80. The molecule has 1 amide bonds. The molecule has 0 radical (unpaired) electrons. The number of anilines is 1. The average Bonchev–Trinajstić information content (AvgIpc) is 2.68. The molecule has 0 saturated heterocycles. The van der Waals surface area contributed by atoms with Crippen LogP contribution in [0, 0.1) is 12.8 Å². The molecule has 5 nitrogen and oxygen atoms in total. The average molecular weight is 284 g/mol. The number of rotatable bonds is 7. The van der Waals surface area contributed by atoms with Crippen molar-refractivity contribution in [1.82, 2.24) is 4.98 Å². The topological polar surface area (TPSA) is 79.3 Å². The molecule has 0 atom stereocenters. The first-order valence-corrected chi connectivity index (χ1v) is 7.28. The second kappa shape index (κ2) is 7.23. The normalized spacial score (nSPS) is 10.7. The van der Waals surface area contributed by atoms with E-state index in [2.05, 4.69) is 10.3 Å². The number of carboxylic acid groups (broad SMARTS) is 1. The highest BCUT2D eigenvalue weighted by atomic mass is 32.1. The van der Waals surface area contributed by atoms with Gasteiger partial charge in [0.1, 0.15) is 0 Å². The Morgan fingerprint density at radius 2 is 2.00 bits per heavy atom. The zero-order valence-corrected chi connectivity index (χ0v) is 12.3. The molecule has 19 heavy (non-hydrogen) atoms. The molecule has 0 bridgehead atoms. The van der Waals surface area contributed by atoms with Crippen molar-refractivity contribution in [2.24, 2.45) is 5.92 Å². The zero-order valence-electron chi connectivity index (χ0n) is 11.5. The second-order valence-corrected chi connectivity index (χ2v) is 5.51. The van der Waals surface area contributed by atoms with E-state index in [0.717, 1.165) is 23.4 Å². The fourth-order valence-corrected chi connectivity index (χ4v) is 2.77. The maximum absolute atomic E-state index is 11.9. The number of carbonyl (C=O) groups excluding carboxylic acids is 1. The number of nitrogens with one attached hydrogen (secondary N) is 1. The van der Waals surface area contributed by atoms with Gasteiger partial charge in [-0.3, -0.25) is 9.59 Å². The summed E-state index contributed by atoms with van der Waals surface area (Å²) in [5.41, 5.74) is 0.797. The van der Waals surface area contributed by atoms with Crippen LogP contribution in [-0.4, -0.2) is 22.0 Å². The van der Waals surface area contributed by atoms with Crippen molar-refractivity contribution in [3.05, 3.63) is 10.6 Å². The molecular weight excluding hydrogens is 264 g/mol. The predicted octanol–water partition coefficient (Wildman–Crippen LogP) is 2.84. The first-order valence-electron chi connectivity index (χ1n) is 6.46. The summed E-state index contributed by atoms with van der Waals surface area (Å²) in [5, 5.41) is 12.0. The minimum atomic E-state index is -0.824. The van der Waals surface area contributed by atoms with Crippen LogP contribution >= 0.6 is 11.3 Å². The third-order valence-electron chi connectivity index (χ3n) is 3.05. The maximum Gasteiger partial charge on any atom is 0.303 e. The molecule has 0 spiro atoms. The number of aryl methyl sites for hydroxylation is 2. The van der Waals surface area contributed by atoms with E-state index < -0.39 is 5.97 Å². The number of nitrogens with zero attached hydrogens (tertiary/aromatic N) is 1. The third-order valence-corrected chi connectivity index (χ3v) is 4.18. The minimum Gasteiger partial charge on any atom is -0.481 e. The number of thiazole rings is 1. The van der Waals surface area contributed by atoms with Gasteiger partial charge in [-0.2, -0.15) is 0 Å². The first-order chi connectivity index (χ1) is 8.97. The highest BCUT2D eigenvalue weighted by molar-refractivity contribution is 7.15. The summed E-state index contributed by atoms with van der Waals surface area (Å²) >= 11 is 1.36. The van der Waals surface area contributed by atoms with Gasteiger partial charge in [0.25, 0.3) is 0 Å². The van der Waals surface area contributed by atoms with Crippen LogP contribution in [0.25, 0.3) is 0 Å². The van der Waals surface area contributed by atoms with Crippen LogP contribution in [0.5, 0.6) is 0 Å². The van der Waals surface area contributed by atoms with Crippen molar-refractivity contribution in [3.8, 4) is 0 Å². The van der Waals surface area contributed by atoms with Gasteiger partial charge < -0.3 is 10.4 Å². The largest absolute Gasteiger partial charge is 0.481 e. The van der Waals surface area contributed by atoms with E-state index in [1.54, 1.807) is 0 Å². The standard InChI is InChI=1S/C13H20N2O3S/c1-4-9(5-2)12(18)15-13-14-8(3)10(19-13)6-7-11(16)17/h9H,4-7H2,1-3H3,(H,16,17)(H,14,15,18). The maximum atomic E-state index is 11.9. The van der Waals surface area contributed by atoms with Gasteiger partial charge in [0.15, 0.2) is 5.13 Å². The molecule has 2 N–H and O–H groups in total. The Labute approximate surface area is 117 Å². The van der Waals surface area contributed by atoms with E-state index in [9.17, 15) is 9.59 Å². The summed E-state index contributed by atoms with van der Waals surface area (Å²) in [5.74, 6) is -0.828. The number of hydrogen-bond donors (Lipinski definition) is 2. The Kier molecular flexibility index (Phi) is 5.95. The first kappa shape index (κ1) is 15.6. The quantitative estimate of drug-likeness (QED) is 0.807. The molecular formula is C13H20N2O3S. The van der Waals surface area contributed by atoms with Crippen LogP contribution in [0.3, 0.4) is 0 Å². The number of amides is 1. The summed E-state index contributed by atoms with van der Waals surface area (Å²) in [6.07, 6.45) is 2.15. The molecule has 1 heterocycles. The van der Waals surface area contributed by atoms with Gasteiger partial charge in [0, 0.05) is 10.8 Å². The van der Waals surface area contributed by atoms with Crippen LogP contribution in [0.2, 0.25) is 0 Å². The van der Waals surface area contributed by atoms with Crippen LogP contribution in [0.1, 0.15) is 43.7 Å². The van der Waals surface area contributed by atoms with Gasteiger partial charge >= 0.3 is 5.97 Å². The van der Waals surface area contributed by atoms with E-state index in [-0.39, 0.29) is 18.2 Å². The number of carbonyl (C=O) groups is 2. The Balaban J connectivity index is 2.67. The molecule has 0 fully saturated rings. The second-order valence-electron chi connectivity index (χ2n) is 4.42. The number of hydrogen-bond acceptors (Lipinski definition) is 4. The van der Waals surface area contributed by atoms with Crippen LogP contribution in [0.4, 0.5) is 5.13 Å². The Morgan fingerprint density at radius 3 is 2.53 bits per heavy atom. The van der Waals surface area contributed by atoms with E-state index >= 15 is 0 Å². The third kappa shape index (κ3) is 4.63. The molecule has 0 aliphatic carbocycles. The Hall–Kier alpha value is -1.43. The molecule has 0 unspecified atom stereocenters. The number of aromatic nitrogens is 1. The highest BCUT2D eigenvalue weighted by Gasteiger charge is 2.17. The minimum absolute atomic E-state index is 0.00618. The van der Waals surface area contributed by atoms with Crippen molar-refractivity contribution >= 4 is 28.3 Å². The fraction of sp³-hybridized carbons (Fsp3) is 0.615. The SMILES string of the molecule is CCC(CC)C(=O)Nc1nc(C)c(CCC(=O)O)s1. The van der Waals surface area contributed by atoms with Crippen LogP contribution < -0.4 is 5.32 Å². The lowest BCUT2D eigenvalue weighted by molar-refractivity contribution is -0.137. The number of carboxylic acids is 1. The van der Waals surface area contributed by atoms with Crippen LogP contribution in [0.15, 0.2) is 0 Å². The molecule has 106 valence electrons. The Bertz CT molecular complexity index is 453. The van der Waals surface area contributed by atoms with Crippen molar-refractivity contribution in [2.75, 3.05) is 5.32 Å². The summed E-state index contributed by atoms with van der Waals surface area (Å²) in [6, 6.07) is 0. The van der Waals surface area contributed by atoms with Crippen molar-refractivity contribution < 1.29 is 14.7 Å². The lowest BCUT2D eigenvalue weighted by atomic mass is 10.0. The summed E-state index contributed by atoms with van der Waals surface area (Å²) in [4.78, 5) is 27.7. The molecule has 0 saturated carbocycles. The smallest absolute Gasteiger partial charge is 0.303 e. The molecule has 1 aromatic rings. The van der Waals surface area contributed by atoms with E-state index in [1.807, 2.05) is 20.8 Å². The summed E-state index contributed by atoms with van der Waals surface area (Å²) in [7, 11) is 0. The molecule has 0 aromatic carbocycles. The van der Waals surface area contributed by atoms with E-state index in [0.29, 0.717) is 11.6 Å². The molecule has 0 aliphatic heterocycles. The van der Waals surface area contributed by atoms with Gasteiger partial charge in [-0.25, -0.2) is 4.98 Å². The van der Waals surface area contributed by atoms with Crippen molar-refractivity contribution in [2.45, 2.75) is 46.5 Å². The monoisotopic (exact) mass is 284 g/mol. The van der Waals surface area contributed by atoms with Gasteiger partial charge in [-0.05, 0) is 26.2 Å². The predicted molar refractivity (Wildman–Crippen MR) is 75.5 cm³/mol. The highest BCUT2D eigenvalue weighted by Crippen LogP contribution is 2.24. The van der Waals surface area contributed by atoms with Gasteiger partial charge in [-0.1, -0.05) is 13.8 Å². The Morgan fingerprint density at radius 1 is 1.37 bits per heavy atom. The van der Waals surface area contributed by atoms with Gasteiger partial charge in [-0.15, -0.1) is 11.3 Å². The molecule has 0 aliphatic rings. The fourth-order valence-electron chi connectivity index (χ4n) is 1.80. The lowest BCUT2D eigenvalue weighted by Crippen LogP contribution is -2.21. The lowest BCUT2D eigenvalue weighted by Gasteiger charge is -2.10. The molecule has 6 heteroatoms. The van der Waals surface area contributed by atoms with E-state index in [4.69, 9.17) is 5.11 Å². The van der Waals surface area contributed by atoms with E-state index in [1.165, 1.54) is 11.3 Å². The van der Waals surface area contributed by atoms with Crippen molar-refractivity contribution in [3.63, 3.8) is 0 Å². The zero-order chi connectivity index (χ0) is 14.4.